The number of hydrogen-bond acceptors (Lipinski definition) is 1. The molecule has 0 aliphatic carbocycles. The first-order valence-electron chi connectivity index (χ1n) is 4.57. The maximum atomic E-state index is 12.6. The van der Waals surface area contributed by atoms with Crippen LogP contribution in [-0.2, 0) is 0 Å². The van der Waals surface area contributed by atoms with E-state index in [1.165, 1.54) is 12.1 Å². The molecular formula is C11H13BrFN. The van der Waals surface area contributed by atoms with Crippen LogP contribution in [0.15, 0.2) is 29.3 Å². The standard InChI is InChI=1S/C11H13BrFN/c1-9(14-8-2-7-12)10-3-5-11(13)6-4-10/h3-6H,2,7-8H2,1H3. The van der Waals surface area contributed by atoms with E-state index in [1.807, 2.05) is 6.92 Å². The van der Waals surface area contributed by atoms with Gasteiger partial charge in [0.1, 0.15) is 5.82 Å². The zero-order chi connectivity index (χ0) is 10.4. The van der Waals surface area contributed by atoms with E-state index in [0.29, 0.717) is 0 Å². The Hall–Kier alpha value is -0.700. The van der Waals surface area contributed by atoms with E-state index in [1.54, 1.807) is 12.1 Å². The summed E-state index contributed by atoms with van der Waals surface area (Å²) >= 11 is 3.35. The van der Waals surface area contributed by atoms with E-state index in [0.717, 1.165) is 29.6 Å². The van der Waals surface area contributed by atoms with Crippen LogP contribution in [0.2, 0.25) is 0 Å². The van der Waals surface area contributed by atoms with Gasteiger partial charge in [0.2, 0.25) is 0 Å². The summed E-state index contributed by atoms with van der Waals surface area (Å²) in [4.78, 5) is 4.38. The van der Waals surface area contributed by atoms with Crippen LogP contribution in [-0.4, -0.2) is 17.6 Å². The fourth-order valence-electron chi connectivity index (χ4n) is 1.09. The van der Waals surface area contributed by atoms with Crippen LogP contribution in [0.25, 0.3) is 0 Å². The second-order valence-corrected chi connectivity index (χ2v) is 3.81. The molecule has 1 nitrogen and oxygen atoms in total. The van der Waals surface area contributed by atoms with Gasteiger partial charge in [-0.25, -0.2) is 4.39 Å². The molecule has 0 spiro atoms. The Bertz CT molecular complexity index is 306. The lowest BCUT2D eigenvalue weighted by atomic mass is 10.1. The van der Waals surface area contributed by atoms with E-state index >= 15 is 0 Å². The van der Waals surface area contributed by atoms with Gasteiger partial charge < -0.3 is 0 Å². The van der Waals surface area contributed by atoms with Gasteiger partial charge in [0.05, 0.1) is 0 Å². The molecule has 0 aliphatic heterocycles. The summed E-state index contributed by atoms with van der Waals surface area (Å²) in [5, 5.41) is 0.965. The van der Waals surface area contributed by atoms with Crippen molar-refractivity contribution in [2.75, 3.05) is 11.9 Å². The SMILES string of the molecule is CC(=NCCCBr)c1ccc(F)cc1. The van der Waals surface area contributed by atoms with E-state index in [-0.39, 0.29) is 5.82 Å². The van der Waals surface area contributed by atoms with Gasteiger partial charge in [-0.05, 0) is 31.0 Å². The third kappa shape index (κ3) is 3.58. The molecule has 0 saturated carbocycles. The first-order chi connectivity index (χ1) is 6.74. The molecule has 0 unspecified atom stereocenters. The molecule has 1 aromatic carbocycles. The second-order valence-electron chi connectivity index (χ2n) is 3.02. The van der Waals surface area contributed by atoms with Gasteiger partial charge in [0.15, 0.2) is 0 Å². The monoisotopic (exact) mass is 257 g/mol. The van der Waals surface area contributed by atoms with Crippen molar-refractivity contribution in [2.24, 2.45) is 4.99 Å². The molecule has 0 aromatic heterocycles. The first-order valence-corrected chi connectivity index (χ1v) is 5.69. The van der Waals surface area contributed by atoms with E-state index in [9.17, 15) is 4.39 Å². The van der Waals surface area contributed by atoms with Crippen molar-refractivity contribution in [1.29, 1.82) is 0 Å². The predicted octanol–water partition coefficient (Wildman–Crippen LogP) is 3.42. The van der Waals surface area contributed by atoms with Crippen LogP contribution in [0.1, 0.15) is 18.9 Å². The predicted molar refractivity (Wildman–Crippen MR) is 61.9 cm³/mol. The number of halogens is 2. The highest BCUT2D eigenvalue weighted by molar-refractivity contribution is 9.09. The lowest BCUT2D eigenvalue weighted by molar-refractivity contribution is 0.628. The van der Waals surface area contributed by atoms with Crippen LogP contribution in [0, 0.1) is 5.82 Å². The van der Waals surface area contributed by atoms with Crippen molar-refractivity contribution in [3.05, 3.63) is 35.6 Å². The average molecular weight is 258 g/mol. The Morgan fingerprint density at radius 3 is 2.57 bits per heavy atom. The lowest BCUT2D eigenvalue weighted by Gasteiger charge is -2.00. The van der Waals surface area contributed by atoms with Gasteiger partial charge in [0, 0.05) is 17.6 Å². The van der Waals surface area contributed by atoms with E-state index in [2.05, 4.69) is 20.9 Å². The second kappa shape index (κ2) is 5.91. The Labute approximate surface area is 92.2 Å². The summed E-state index contributed by atoms with van der Waals surface area (Å²) in [5.74, 6) is -0.206. The summed E-state index contributed by atoms with van der Waals surface area (Å²) in [5.41, 5.74) is 1.95. The summed E-state index contributed by atoms with van der Waals surface area (Å²) in [6, 6.07) is 6.42. The molecule has 76 valence electrons. The topological polar surface area (TPSA) is 12.4 Å². The number of benzene rings is 1. The third-order valence-electron chi connectivity index (χ3n) is 1.90. The molecule has 1 rings (SSSR count). The summed E-state index contributed by atoms with van der Waals surface area (Å²) in [6.45, 7) is 2.76. The zero-order valence-corrected chi connectivity index (χ0v) is 9.72. The third-order valence-corrected chi connectivity index (χ3v) is 2.46. The molecule has 1 aromatic rings. The maximum Gasteiger partial charge on any atom is 0.123 e. The number of nitrogens with zero attached hydrogens (tertiary/aromatic N) is 1. The van der Waals surface area contributed by atoms with Crippen molar-refractivity contribution >= 4 is 21.6 Å². The Morgan fingerprint density at radius 2 is 2.00 bits per heavy atom. The minimum Gasteiger partial charge on any atom is -0.289 e. The summed E-state index contributed by atoms with van der Waals surface area (Å²) in [6.07, 6.45) is 1.03. The Morgan fingerprint density at radius 1 is 1.36 bits per heavy atom. The molecule has 0 heterocycles. The minimum absolute atomic E-state index is 0.206. The fraction of sp³-hybridized carbons (Fsp3) is 0.364. The lowest BCUT2D eigenvalue weighted by Crippen LogP contribution is -1.96. The quantitative estimate of drug-likeness (QED) is 0.446. The molecule has 0 amide bonds. The molecular weight excluding hydrogens is 245 g/mol. The molecule has 14 heavy (non-hydrogen) atoms. The van der Waals surface area contributed by atoms with Gasteiger partial charge in [-0.3, -0.25) is 4.99 Å². The van der Waals surface area contributed by atoms with Crippen LogP contribution in [0.5, 0.6) is 0 Å². The molecule has 0 radical (unpaired) electrons. The highest BCUT2D eigenvalue weighted by Crippen LogP contribution is 2.04. The van der Waals surface area contributed by atoms with Crippen molar-refractivity contribution in [3.63, 3.8) is 0 Å². The molecule has 0 fully saturated rings. The van der Waals surface area contributed by atoms with E-state index in [4.69, 9.17) is 0 Å². The highest BCUT2D eigenvalue weighted by Gasteiger charge is 1.96. The van der Waals surface area contributed by atoms with Gasteiger partial charge in [-0.1, -0.05) is 28.1 Å². The Balaban J connectivity index is 2.64. The van der Waals surface area contributed by atoms with Crippen molar-refractivity contribution < 1.29 is 4.39 Å². The van der Waals surface area contributed by atoms with Gasteiger partial charge in [-0.15, -0.1) is 0 Å². The van der Waals surface area contributed by atoms with Gasteiger partial charge in [0.25, 0.3) is 0 Å². The van der Waals surface area contributed by atoms with Crippen molar-refractivity contribution in [3.8, 4) is 0 Å². The molecule has 0 atom stereocenters. The Kier molecular flexibility index (Phi) is 4.80. The molecule has 3 heteroatoms. The number of hydrogen-bond donors (Lipinski definition) is 0. The smallest absolute Gasteiger partial charge is 0.123 e. The fourth-order valence-corrected chi connectivity index (χ4v) is 1.34. The van der Waals surface area contributed by atoms with Crippen LogP contribution < -0.4 is 0 Å². The largest absolute Gasteiger partial charge is 0.289 e. The average Bonchev–Trinajstić information content (AvgIpc) is 2.19. The summed E-state index contributed by atoms with van der Waals surface area (Å²) < 4.78 is 12.6. The molecule has 0 bridgehead atoms. The molecule has 0 saturated heterocycles. The molecule has 0 aliphatic rings. The number of aliphatic imine (C=N–C) groups is 1. The number of alkyl halides is 1. The maximum absolute atomic E-state index is 12.6. The van der Waals surface area contributed by atoms with Crippen LogP contribution in [0.3, 0.4) is 0 Å². The van der Waals surface area contributed by atoms with Crippen LogP contribution >= 0.6 is 15.9 Å². The van der Waals surface area contributed by atoms with Crippen LogP contribution in [0.4, 0.5) is 4.39 Å². The minimum atomic E-state index is -0.206. The zero-order valence-electron chi connectivity index (χ0n) is 8.13. The van der Waals surface area contributed by atoms with Gasteiger partial charge >= 0.3 is 0 Å². The molecule has 0 N–H and O–H groups in total. The normalized spacial score (nSPS) is 11.8. The van der Waals surface area contributed by atoms with Gasteiger partial charge in [-0.2, -0.15) is 0 Å². The van der Waals surface area contributed by atoms with Crippen molar-refractivity contribution in [1.82, 2.24) is 0 Å². The number of rotatable bonds is 4. The first kappa shape index (κ1) is 11.4. The van der Waals surface area contributed by atoms with Crippen molar-refractivity contribution in [2.45, 2.75) is 13.3 Å². The highest BCUT2D eigenvalue weighted by atomic mass is 79.9. The van der Waals surface area contributed by atoms with E-state index < -0.39 is 0 Å². The summed E-state index contributed by atoms with van der Waals surface area (Å²) in [7, 11) is 0.